The zero-order valence-electron chi connectivity index (χ0n) is 11.4. The van der Waals surface area contributed by atoms with Crippen LogP contribution in [0.5, 0.6) is 0 Å². The van der Waals surface area contributed by atoms with Gasteiger partial charge in [-0.2, -0.15) is 10.1 Å². The van der Waals surface area contributed by atoms with Gasteiger partial charge in [-0.3, -0.25) is 0 Å². The maximum absolute atomic E-state index is 6.11. The lowest BCUT2D eigenvalue weighted by atomic mass is 10.3. The summed E-state index contributed by atoms with van der Waals surface area (Å²) in [6.45, 7) is 1.38. The molecule has 112 valence electrons. The summed E-state index contributed by atoms with van der Waals surface area (Å²) in [5.74, 6) is 0.970. The lowest BCUT2D eigenvalue weighted by molar-refractivity contribution is 0.197. The van der Waals surface area contributed by atoms with E-state index < -0.39 is 0 Å². The van der Waals surface area contributed by atoms with Crippen LogP contribution in [-0.2, 0) is 4.74 Å². The van der Waals surface area contributed by atoms with E-state index in [-0.39, 0.29) is 0 Å². The van der Waals surface area contributed by atoms with Gasteiger partial charge in [0.15, 0.2) is 5.82 Å². The van der Waals surface area contributed by atoms with Crippen molar-refractivity contribution in [1.29, 1.82) is 0 Å². The van der Waals surface area contributed by atoms with Crippen LogP contribution in [-0.4, -0.2) is 35.4 Å². The monoisotopic (exact) mass is 327 g/mol. The average Bonchev–Trinajstić information content (AvgIpc) is 2.49. The average molecular weight is 328 g/mol. The molecule has 0 unspecified atom stereocenters. The van der Waals surface area contributed by atoms with Gasteiger partial charge in [0.25, 0.3) is 0 Å². The highest BCUT2D eigenvalue weighted by Crippen LogP contribution is 2.31. The molecule has 0 aliphatic carbocycles. The van der Waals surface area contributed by atoms with E-state index in [1.54, 1.807) is 19.2 Å². The van der Waals surface area contributed by atoms with E-state index >= 15 is 0 Å². The van der Waals surface area contributed by atoms with Crippen LogP contribution in [0.2, 0.25) is 10.0 Å². The minimum absolute atomic E-state index is 0.437. The first kappa shape index (κ1) is 15.8. The van der Waals surface area contributed by atoms with Crippen molar-refractivity contribution < 1.29 is 4.74 Å². The van der Waals surface area contributed by atoms with Crippen LogP contribution >= 0.6 is 23.2 Å². The van der Waals surface area contributed by atoms with Crippen molar-refractivity contribution in [3.05, 3.63) is 34.4 Å². The van der Waals surface area contributed by atoms with Crippen LogP contribution in [0.3, 0.4) is 0 Å². The smallest absolute Gasteiger partial charge is 0.244 e. The summed E-state index contributed by atoms with van der Waals surface area (Å²) in [5.41, 5.74) is 0.662. The van der Waals surface area contributed by atoms with Gasteiger partial charge in [0.1, 0.15) is 0 Å². The number of ether oxygens (including phenoxy) is 1. The van der Waals surface area contributed by atoms with Gasteiger partial charge in [-0.15, -0.1) is 5.10 Å². The van der Waals surface area contributed by atoms with E-state index in [4.69, 9.17) is 27.9 Å². The number of nitrogens with one attached hydrogen (secondary N) is 2. The Bertz CT molecular complexity index is 597. The quantitative estimate of drug-likeness (QED) is 0.759. The van der Waals surface area contributed by atoms with Gasteiger partial charge >= 0.3 is 0 Å². The third-order valence-corrected chi connectivity index (χ3v) is 3.40. The molecule has 1 aromatic heterocycles. The molecule has 0 amide bonds. The van der Waals surface area contributed by atoms with Gasteiger partial charge in [0, 0.05) is 20.3 Å². The molecule has 0 saturated heterocycles. The predicted molar refractivity (Wildman–Crippen MR) is 84.6 cm³/mol. The molecule has 0 atom stereocenters. The number of methoxy groups -OCH3 is 1. The predicted octanol–water partition coefficient (Wildman–Crippen LogP) is 3.37. The van der Waals surface area contributed by atoms with Crippen LogP contribution in [0.1, 0.15) is 6.42 Å². The zero-order chi connectivity index (χ0) is 15.1. The Morgan fingerprint density at radius 2 is 2.14 bits per heavy atom. The van der Waals surface area contributed by atoms with Gasteiger partial charge in [-0.1, -0.05) is 29.3 Å². The third kappa shape index (κ3) is 4.70. The number of nitrogens with zero attached hydrogens (tertiary/aromatic N) is 3. The molecule has 6 nitrogen and oxygen atoms in total. The van der Waals surface area contributed by atoms with E-state index in [2.05, 4.69) is 25.8 Å². The molecule has 21 heavy (non-hydrogen) atoms. The standard InChI is InChI=1S/C13H15Cl2N5O/c1-21-7-3-6-16-13-19-11(8-17-20-13)18-10-5-2-4-9(14)12(10)15/h2,4-5,8H,3,6-7H2,1H3,(H2,16,18,19,20). The molecule has 0 aliphatic rings. The van der Waals surface area contributed by atoms with Crippen molar-refractivity contribution >= 4 is 40.7 Å². The number of halogens is 2. The Balaban J connectivity index is 2.02. The molecular weight excluding hydrogens is 313 g/mol. The summed E-state index contributed by atoms with van der Waals surface area (Å²) in [7, 11) is 1.66. The van der Waals surface area contributed by atoms with E-state index in [0.29, 0.717) is 40.7 Å². The summed E-state index contributed by atoms with van der Waals surface area (Å²) >= 11 is 12.1. The van der Waals surface area contributed by atoms with Gasteiger partial charge in [0.05, 0.1) is 21.9 Å². The molecule has 1 heterocycles. The van der Waals surface area contributed by atoms with Crippen LogP contribution in [0.4, 0.5) is 17.5 Å². The van der Waals surface area contributed by atoms with Crippen molar-refractivity contribution in [2.45, 2.75) is 6.42 Å². The molecule has 0 aliphatic heterocycles. The van der Waals surface area contributed by atoms with Crippen LogP contribution in [0, 0.1) is 0 Å². The summed E-state index contributed by atoms with van der Waals surface area (Å²) in [4.78, 5) is 4.30. The molecule has 0 fully saturated rings. The van der Waals surface area contributed by atoms with Crippen molar-refractivity contribution in [2.75, 3.05) is 30.9 Å². The van der Waals surface area contributed by atoms with Gasteiger partial charge in [-0.05, 0) is 18.6 Å². The fourth-order valence-corrected chi connectivity index (χ4v) is 1.94. The molecule has 1 aromatic carbocycles. The van der Waals surface area contributed by atoms with Crippen molar-refractivity contribution in [3.8, 4) is 0 Å². The summed E-state index contributed by atoms with van der Waals surface area (Å²) < 4.78 is 4.97. The largest absolute Gasteiger partial charge is 0.385 e. The normalized spacial score (nSPS) is 10.4. The molecule has 0 bridgehead atoms. The molecule has 2 rings (SSSR count). The first-order valence-corrected chi connectivity index (χ1v) is 7.10. The summed E-state index contributed by atoms with van der Waals surface area (Å²) in [5, 5.41) is 14.8. The highest BCUT2D eigenvalue weighted by Gasteiger charge is 2.06. The van der Waals surface area contributed by atoms with Crippen LogP contribution < -0.4 is 10.6 Å². The van der Waals surface area contributed by atoms with Crippen LogP contribution in [0.25, 0.3) is 0 Å². The van der Waals surface area contributed by atoms with Crippen molar-refractivity contribution in [2.24, 2.45) is 0 Å². The number of hydrogen-bond acceptors (Lipinski definition) is 6. The number of aromatic nitrogens is 3. The third-order valence-electron chi connectivity index (χ3n) is 2.58. The molecule has 8 heteroatoms. The summed E-state index contributed by atoms with van der Waals surface area (Å²) in [6, 6.07) is 5.33. The number of benzene rings is 1. The Morgan fingerprint density at radius 3 is 2.95 bits per heavy atom. The number of rotatable bonds is 7. The first-order valence-electron chi connectivity index (χ1n) is 6.34. The number of anilines is 3. The first-order chi connectivity index (χ1) is 10.2. The highest BCUT2D eigenvalue weighted by atomic mass is 35.5. The fourth-order valence-electron chi connectivity index (χ4n) is 1.59. The topological polar surface area (TPSA) is 72.0 Å². The zero-order valence-corrected chi connectivity index (χ0v) is 12.9. The van der Waals surface area contributed by atoms with Crippen molar-refractivity contribution in [1.82, 2.24) is 15.2 Å². The van der Waals surface area contributed by atoms with Gasteiger partial charge < -0.3 is 15.4 Å². The van der Waals surface area contributed by atoms with E-state index in [1.165, 1.54) is 6.20 Å². The summed E-state index contributed by atoms with van der Waals surface area (Å²) in [6.07, 6.45) is 2.37. The SMILES string of the molecule is COCCCNc1nncc(Nc2cccc(Cl)c2Cl)n1. The van der Waals surface area contributed by atoms with Crippen molar-refractivity contribution in [3.63, 3.8) is 0 Å². The van der Waals surface area contributed by atoms with Gasteiger partial charge in [-0.25, -0.2) is 0 Å². The molecule has 0 spiro atoms. The second kappa shape index (κ2) is 7.97. The molecule has 2 aromatic rings. The Kier molecular flexibility index (Phi) is 5.98. The minimum Gasteiger partial charge on any atom is -0.385 e. The lowest BCUT2D eigenvalue weighted by Gasteiger charge is -2.09. The van der Waals surface area contributed by atoms with E-state index in [9.17, 15) is 0 Å². The second-order valence-electron chi connectivity index (χ2n) is 4.16. The molecule has 0 saturated carbocycles. The maximum atomic E-state index is 6.11. The molecule has 2 N–H and O–H groups in total. The highest BCUT2D eigenvalue weighted by molar-refractivity contribution is 6.43. The maximum Gasteiger partial charge on any atom is 0.244 e. The van der Waals surface area contributed by atoms with Gasteiger partial charge in [0.2, 0.25) is 5.95 Å². The Morgan fingerprint density at radius 1 is 1.29 bits per heavy atom. The van der Waals surface area contributed by atoms with E-state index in [1.807, 2.05) is 6.07 Å². The second-order valence-corrected chi connectivity index (χ2v) is 4.95. The molecular formula is C13H15Cl2N5O. The Hall–Kier alpha value is -1.63. The lowest BCUT2D eigenvalue weighted by Crippen LogP contribution is -2.09. The van der Waals surface area contributed by atoms with E-state index in [0.717, 1.165) is 6.42 Å². The number of hydrogen-bond donors (Lipinski definition) is 2. The van der Waals surface area contributed by atoms with Crippen LogP contribution in [0.15, 0.2) is 24.4 Å². The minimum atomic E-state index is 0.437. The Labute approximate surface area is 132 Å². The fraction of sp³-hybridized carbons (Fsp3) is 0.308. The molecule has 0 radical (unpaired) electrons.